The van der Waals surface area contributed by atoms with E-state index in [-0.39, 0.29) is 6.04 Å². The highest BCUT2D eigenvalue weighted by Crippen LogP contribution is 2.37. The van der Waals surface area contributed by atoms with Crippen LogP contribution in [0.25, 0.3) is 28.4 Å². The Hall–Kier alpha value is -4.16. The van der Waals surface area contributed by atoms with E-state index in [2.05, 4.69) is 20.3 Å². The molecule has 12 heteroatoms. The van der Waals surface area contributed by atoms with Gasteiger partial charge in [0.05, 0.1) is 24.4 Å². The van der Waals surface area contributed by atoms with Gasteiger partial charge in [0.15, 0.2) is 17.3 Å². The van der Waals surface area contributed by atoms with Crippen LogP contribution in [0.15, 0.2) is 54.9 Å². The van der Waals surface area contributed by atoms with E-state index in [1.807, 2.05) is 29.2 Å². The molecule has 184 valence electrons. The second-order valence-corrected chi connectivity index (χ2v) is 9.21. The molecule has 0 radical (unpaired) electrons. The molecule has 2 aliphatic rings. The summed E-state index contributed by atoms with van der Waals surface area (Å²) in [5, 5.41) is 21.7. The molecule has 0 amide bonds. The van der Waals surface area contributed by atoms with Crippen molar-refractivity contribution in [2.45, 2.75) is 25.5 Å². The van der Waals surface area contributed by atoms with Crippen LogP contribution in [0.1, 0.15) is 30.0 Å². The summed E-state index contributed by atoms with van der Waals surface area (Å²) < 4.78 is 35.4. The summed E-state index contributed by atoms with van der Waals surface area (Å²) in [5.41, 5.74) is 3.93. The Morgan fingerprint density at radius 2 is 2.03 bits per heavy atom. The van der Waals surface area contributed by atoms with E-state index in [0.717, 1.165) is 23.6 Å². The van der Waals surface area contributed by atoms with Crippen LogP contribution in [0.2, 0.25) is 0 Å². The van der Waals surface area contributed by atoms with E-state index in [0.29, 0.717) is 59.3 Å². The third-order valence-corrected chi connectivity index (χ3v) is 7.03. The predicted molar refractivity (Wildman–Crippen MR) is 132 cm³/mol. The summed E-state index contributed by atoms with van der Waals surface area (Å²) >= 11 is 0. The Bertz CT molecular complexity index is 1660. The molecule has 0 bridgehead atoms. The van der Waals surface area contributed by atoms with Gasteiger partial charge in [0.25, 0.3) is 0 Å². The maximum absolute atomic E-state index is 14.6. The van der Waals surface area contributed by atoms with Crippen molar-refractivity contribution in [3.63, 3.8) is 0 Å². The van der Waals surface area contributed by atoms with Crippen LogP contribution in [0, 0.1) is 11.6 Å². The molecule has 2 N–H and O–H groups in total. The largest absolute Gasteiger partial charge is 0.491 e. The molecule has 0 saturated carbocycles. The summed E-state index contributed by atoms with van der Waals surface area (Å²) in [6.45, 7) is 1.05. The zero-order valence-electron chi connectivity index (χ0n) is 19.5. The van der Waals surface area contributed by atoms with Crippen molar-refractivity contribution < 1.29 is 18.5 Å². The molecule has 3 aromatic heterocycles. The smallest absolute Gasteiger partial charge is 0.423 e. The van der Waals surface area contributed by atoms with Crippen molar-refractivity contribution in [1.29, 1.82) is 0 Å². The minimum atomic E-state index is -0.953. The van der Waals surface area contributed by atoms with E-state index in [4.69, 9.17) is 9.64 Å². The zero-order valence-corrected chi connectivity index (χ0v) is 19.5. The highest BCUT2D eigenvalue weighted by Gasteiger charge is 2.30. The fraction of sp³-hybridized carbons (Fsp3) is 0.200. The van der Waals surface area contributed by atoms with Crippen molar-refractivity contribution in [2.75, 3.05) is 11.4 Å². The maximum Gasteiger partial charge on any atom is 0.491 e. The van der Waals surface area contributed by atoms with Crippen LogP contribution < -0.4 is 10.4 Å². The van der Waals surface area contributed by atoms with E-state index >= 15 is 0 Å². The number of nitrogens with zero attached hydrogens (tertiary/aromatic N) is 6. The number of nitrogens with one attached hydrogen (secondary N) is 1. The number of anilines is 1. The highest BCUT2D eigenvalue weighted by molar-refractivity contribution is 6.61. The molecule has 0 aliphatic carbocycles. The lowest BCUT2D eigenvalue weighted by atomic mass is 9.79. The monoisotopic (exact) mass is 499 g/mol. The first-order valence-corrected chi connectivity index (χ1v) is 12.0. The number of aromatic amines is 1. The standard InChI is InChI=1S/C25H20BF2N7O2/c27-16-5-6-20(28)17(11-16)21-2-1-8-34(21)22-7-9-35-25(30-22)18(12-29-35)24-31-23(32-33-24)14-3-4-15-13-37-26(36)19(15)10-14/h3-7,9-12,21,36H,1-2,8,13H2,(H,31,32,33)/t21-/m1/s1. The molecule has 37 heavy (non-hydrogen) atoms. The average molecular weight is 499 g/mol. The topological polar surface area (TPSA) is 104 Å². The molecule has 5 heterocycles. The van der Waals surface area contributed by atoms with Crippen LogP contribution in [0.3, 0.4) is 0 Å². The molecule has 7 rings (SSSR count). The second kappa shape index (κ2) is 8.46. The first-order valence-electron chi connectivity index (χ1n) is 12.0. The van der Waals surface area contributed by atoms with Gasteiger partial charge in [-0.2, -0.15) is 10.2 Å². The average Bonchev–Trinajstić information content (AvgIpc) is 3.71. The molecule has 1 atom stereocenters. The van der Waals surface area contributed by atoms with Crippen molar-refractivity contribution in [1.82, 2.24) is 29.8 Å². The number of rotatable bonds is 4. The Kier molecular flexibility index (Phi) is 5.05. The van der Waals surface area contributed by atoms with Crippen molar-refractivity contribution in [3.8, 4) is 22.8 Å². The van der Waals surface area contributed by atoms with Gasteiger partial charge in [-0.3, -0.25) is 5.10 Å². The molecule has 2 aliphatic heterocycles. The van der Waals surface area contributed by atoms with Gasteiger partial charge in [-0.25, -0.2) is 23.3 Å². The SMILES string of the molecule is OB1OCc2ccc(-c3n[nH]c(-c4cnn5ccc(N6CCC[C@@H]6c6cc(F)ccc6F)nc45)n3)cc21. The van der Waals surface area contributed by atoms with Crippen molar-refractivity contribution >= 4 is 24.0 Å². The molecule has 1 saturated heterocycles. The number of hydrogen-bond acceptors (Lipinski definition) is 7. The van der Waals surface area contributed by atoms with Gasteiger partial charge in [0.1, 0.15) is 17.5 Å². The van der Waals surface area contributed by atoms with Gasteiger partial charge in [-0.05, 0) is 48.1 Å². The van der Waals surface area contributed by atoms with Crippen LogP contribution in [-0.4, -0.2) is 48.5 Å². The normalized spacial score (nSPS) is 17.2. The Morgan fingerprint density at radius 3 is 2.95 bits per heavy atom. The highest BCUT2D eigenvalue weighted by atomic mass is 19.1. The number of halogens is 2. The predicted octanol–water partition coefficient (Wildman–Crippen LogP) is 3.02. The Balaban J connectivity index is 1.24. The van der Waals surface area contributed by atoms with Crippen molar-refractivity contribution in [3.05, 3.63) is 77.6 Å². The minimum absolute atomic E-state index is 0.312. The lowest BCUT2D eigenvalue weighted by Gasteiger charge is -2.26. The van der Waals surface area contributed by atoms with Gasteiger partial charge < -0.3 is 14.6 Å². The van der Waals surface area contributed by atoms with Crippen molar-refractivity contribution in [2.24, 2.45) is 0 Å². The third kappa shape index (κ3) is 3.68. The zero-order chi connectivity index (χ0) is 25.1. The molecule has 1 fully saturated rings. The molecular weight excluding hydrogens is 479 g/mol. The number of hydrogen-bond donors (Lipinski definition) is 2. The molecule has 0 spiro atoms. The third-order valence-electron chi connectivity index (χ3n) is 7.03. The first kappa shape index (κ1) is 22.1. The lowest BCUT2D eigenvalue weighted by molar-refractivity contribution is 0.275. The summed E-state index contributed by atoms with van der Waals surface area (Å²) in [6, 6.07) is 10.7. The van der Waals surface area contributed by atoms with Gasteiger partial charge in [0, 0.05) is 23.9 Å². The molecule has 5 aromatic rings. The first-order chi connectivity index (χ1) is 18.0. The number of benzene rings is 2. The lowest BCUT2D eigenvalue weighted by Crippen LogP contribution is -2.28. The number of aromatic nitrogens is 6. The summed E-state index contributed by atoms with van der Waals surface area (Å²) in [4.78, 5) is 11.5. The summed E-state index contributed by atoms with van der Waals surface area (Å²) in [5.74, 6) is 0.711. The van der Waals surface area contributed by atoms with E-state index in [1.54, 1.807) is 16.9 Å². The van der Waals surface area contributed by atoms with E-state index in [1.165, 1.54) is 12.1 Å². The Labute approximate surface area is 209 Å². The number of H-pyrrole nitrogens is 1. The summed E-state index contributed by atoms with van der Waals surface area (Å²) in [6.07, 6.45) is 4.99. The molecular formula is C25H20BF2N7O2. The molecule has 0 unspecified atom stereocenters. The van der Waals surface area contributed by atoms with E-state index < -0.39 is 18.8 Å². The van der Waals surface area contributed by atoms with Gasteiger partial charge in [-0.15, -0.1) is 0 Å². The van der Waals surface area contributed by atoms with Crippen LogP contribution in [0.5, 0.6) is 0 Å². The quantitative estimate of drug-likeness (QED) is 0.367. The molecule has 9 nitrogen and oxygen atoms in total. The molecule has 2 aromatic carbocycles. The van der Waals surface area contributed by atoms with Gasteiger partial charge in [0.2, 0.25) is 0 Å². The summed E-state index contributed by atoms with van der Waals surface area (Å²) in [7, 11) is -0.953. The second-order valence-electron chi connectivity index (χ2n) is 9.21. The van der Waals surface area contributed by atoms with E-state index in [9.17, 15) is 13.8 Å². The number of fused-ring (bicyclic) bond motifs is 2. The fourth-order valence-corrected chi connectivity index (χ4v) is 5.19. The van der Waals surface area contributed by atoms with Gasteiger partial charge in [-0.1, -0.05) is 18.2 Å². The van der Waals surface area contributed by atoms with Crippen LogP contribution in [0.4, 0.5) is 14.6 Å². The van der Waals surface area contributed by atoms with Crippen LogP contribution >= 0.6 is 0 Å². The fourth-order valence-electron chi connectivity index (χ4n) is 5.19. The van der Waals surface area contributed by atoms with Crippen LogP contribution in [-0.2, 0) is 11.3 Å². The minimum Gasteiger partial charge on any atom is -0.423 e. The van der Waals surface area contributed by atoms with Gasteiger partial charge >= 0.3 is 7.12 Å². The Morgan fingerprint density at radius 1 is 1.11 bits per heavy atom. The maximum atomic E-state index is 14.6.